The quantitative estimate of drug-likeness (QED) is 0.409. The maximum Gasteiger partial charge on any atom is 0.168 e. The van der Waals surface area contributed by atoms with Crippen LogP contribution >= 0.6 is 0 Å². The van der Waals surface area contributed by atoms with E-state index in [0.29, 0.717) is 0 Å². The van der Waals surface area contributed by atoms with Gasteiger partial charge in [-0.3, -0.25) is 0 Å². The fraction of sp³-hybridized carbons (Fsp3) is 0.333. The molecule has 0 radical (unpaired) electrons. The second kappa shape index (κ2) is 1.26. The van der Waals surface area contributed by atoms with Gasteiger partial charge in [0, 0.05) is 0 Å². The van der Waals surface area contributed by atoms with Gasteiger partial charge in [0.05, 0.1) is 0 Å². The van der Waals surface area contributed by atoms with Gasteiger partial charge in [0.15, 0.2) is 12.1 Å². The predicted molar refractivity (Wildman–Crippen MR) is 16.2 cm³/mol. The average molecular weight is 90.1 g/mol. The van der Waals surface area contributed by atoms with E-state index in [4.69, 9.17) is 0 Å². The lowest BCUT2D eigenvalue weighted by Crippen LogP contribution is -1.77. The molecule has 34 valence electrons. The van der Waals surface area contributed by atoms with Gasteiger partial charge in [0.1, 0.15) is 6.61 Å². The second-order valence-corrected chi connectivity index (χ2v) is 0.923. The Kier molecular flexibility index (Phi) is 0.759. The van der Waals surface area contributed by atoms with E-state index in [9.17, 15) is 4.39 Å². The van der Waals surface area contributed by atoms with Gasteiger partial charge in [-0.1, -0.05) is 0 Å². The van der Waals surface area contributed by atoms with E-state index >= 15 is 0 Å². The summed E-state index contributed by atoms with van der Waals surface area (Å²) in [6.07, 6.45) is 0.931. The minimum absolute atomic E-state index is 0.0417. The molecule has 0 saturated heterocycles. The van der Waals surface area contributed by atoms with Crippen molar-refractivity contribution in [1.29, 1.82) is 0 Å². The van der Waals surface area contributed by atoms with Gasteiger partial charge in [0.25, 0.3) is 0 Å². The number of hydrogen-bond acceptors (Lipinski definition) is 2. The van der Waals surface area contributed by atoms with Crippen LogP contribution in [0.4, 0.5) is 4.39 Å². The molecule has 1 aliphatic heterocycles. The van der Waals surface area contributed by atoms with Crippen LogP contribution in [0.5, 0.6) is 0 Å². The third-order valence-corrected chi connectivity index (χ3v) is 0.441. The lowest BCUT2D eigenvalue weighted by molar-refractivity contribution is -0.222. The molecule has 1 rings (SSSR count). The van der Waals surface area contributed by atoms with Crippen molar-refractivity contribution in [2.45, 2.75) is 0 Å². The molecule has 0 atom stereocenters. The monoisotopic (exact) mass is 90.0 g/mol. The molecule has 0 unspecified atom stereocenters. The first kappa shape index (κ1) is 3.61. The highest BCUT2D eigenvalue weighted by Crippen LogP contribution is 2.04. The fourth-order valence-electron chi connectivity index (χ4n) is 0.211. The third kappa shape index (κ3) is 0.490. The van der Waals surface area contributed by atoms with Crippen molar-refractivity contribution in [3.05, 3.63) is 12.1 Å². The highest BCUT2D eigenvalue weighted by molar-refractivity contribution is 4.86. The molecule has 0 fully saturated rings. The number of hydrogen-bond donors (Lipinski definition) is 0. The molecule has 0 saturated carbocycles. The van der Waals surface area contributed by atoms with Crippen LogP contribution in [0, 0.1) is 0 Å². The molecule has 1 heterocycles. The molecule has 2 nitrogen and oxygen atoms in total. The van der Waals surface area contributed by atoms with E-state index in [1.54, 1.807) is 0 Å². The summed E-state index contributed by atoms with van der Waals surface area (Å²) in [5.74, 6) is -0.366. The van der Waals surface area contributed by atoms with Crippen molar-refractivity contribution in [3.8, 4) is 0 Å². The normalized spacial score (nSPS) is 19.8. The van der Waals surface area contributed by atoms with E-state index in [2.05, 4.69) is 9.78 Å². The Labute approximate surface area is 34.1 Å². The smallest absolute Gasteiger partial charge is 0.168 e. The molecule has 0 aromatic heterocycles. The minimum Gasteiger partial charge on any atom is -0.342 e. The van der Waals surface area contributed by atoms with Crippen molar-refractivity contribution in [2.24, 2.45) is 0 Å². The van der Waals surface area contributed by atoms with Crippen molar-refractivity contribution in [2.75, 3.05) is 6.61 Å². The van der Waals surface area contributed by atoms with Crippen LogP contribution in [0.15, 0.2) is 12.1 Å². The van der Waals surface area contributed by atoms with Crippen LogP contribution < -0.4 is 0 Å². The first-order valence-electron chi connectivity index (χ1n) is 1.52. The highest BCUT2D eigenvalue weighted by atomic mass is 19.1. The summed E-state index contributed by atoms with van der Waals surface area (Å²) < 4.78 is 11.5. The number of rotatable bonds is 0. The molecule has 0 aliphatic carbocycles. The summed E-state index contributed by atoms with van der Waals surface area (Å²) in [6.45, 7) is -0.0417. The van der Waals surface area contributed by atoms with Gasteiger partial charge < -0.3 is 4.89 Å². The van der Waals surface area contributed by atoms with Crippen LogP contribution in [-0.4, -0.2) is 6.61 Å². The Bertz CT molecular complexity index is 78.9. The molecule has 1 aliphatic rings. The summed E-state index contributed by atoms with van der Waals surface area (Å²) in [5.41, 5.74) is 0. The molecule has 0 N–H and O–H groups in total. The standard InChI is InChI=1S/C3H3FO2/c4-3-1-5-6-2-3/h1H,2H2. The lowest BCUT2D eigenvalue weighted by atomic mass is 10.6. The van der Waals surface area contributed by atoms with E-state index < -0.39 is 0 Å². The van der Waals surface area contributed by atoms with Crippen molar-refractivity contribution < 1.29 is 14.2 Å². The van der Waals surface area contributed by atoms with E-state index in [-0.39, 0.29) is 12.4 Å². The van der Waals surface area contributed by atoms with Crippen LogP contribution in [0.25, 0.3) is 0 Å². The van der Waals surface area contributed by atoms with Gasteiger partial charge in [-0.25, -0.2) is 4.39 Å². The summed E-state index contributed by atoms with van der Waals surface area (Å²) in [7, 11) is 0. The van der Waals surface area contributed by atoms with E-state index in [0.717, 1.165) is 6.26 Å². The highest BCUT2D eigenvalue weighted by Gasteiger charge is 2.01. The molecule has 0 amide bonds. The third-order valence-electron chi connectivity index (χ3n) is 0.441. The van der Waals surface area contributed by atoms with E-state index in [1.807, 2.05) is 0 Å². The zero-order chi connectivity index (χ0) is 4.41. The Morgan fingerprint density at radius 1 is 1.83 bits per heavy atom. The topological polar surface area (TPSA) is 18.5 Å². The lowest BCUT2D eigenvalue weighted by Gasteiger charge is -1.80. The van der Waals surface area contributed by atoms with Crippen molar-refractivity contribution in [3.63, 3.8) is 0 Å². The minimum atomic E-state index is -0.366. The summed E-state index contributed by atoms with van der Waals surface area (Å²) in [6, 6.07) is 0. The van der Waals surface area contributed by atoms with Crippen LogP contribution in [-0.2, 0) is 9.78 Å². The zero-order valence-electron chi connectivity index (χ0n) is 2.98. The summed E-state index contributed by atoms with van der Waals surface area (Å²) in [4.78, 5) is 8.11. The van der Waals surface area contributed by atoms with Gasteiger partial charge in [-0.05, 0) is 0 Å². The Morgan fingerprint density at radius 2 is 2.67 bits per heavy atom. The molecule has 3 heteroatoms. The van der Waals surface area contributed by atoms with Crippen molar-refractivity contribution in [1.82, 2.24) is 0 Å². The Balaban J connectivity index is 2.45. The Hall–Kier alpha value is -0.570. The first-order valence-corrected chi connectivity index (χ1v) is 1.52. The largest absolute Gasteiger partial charge is 0.342 e. The van der Waals surface area contributed by atoms with Crippen LogP contribution in [0.3, 0.4) is 0 Å². The maximum absolute atomic E-state index is 11.5. The van der Waals surface area contributed by atoms with Crippen LogP contribution in [0.2, 0.25) is 0 Å². The SMILES string of the molecule is FC1=COOC1. The molecule has 0 aromatic carbocycles. The summed E-state index contributed by atoms with van der Waals surface area (Å²) >= 11 is 0. The second-order valence-electron chi connectivity index (χ2n) is 0.923. The first-order chi connectivity index (χ1) is 2.89. The fourth-order valence-corrected chi connectivity index (χ4v) is 0.211. The maximum atomic E-state index is 11.5. The Morgan fingerprint density at radius 3 is 2.83 bits per heavy atom. The van der Waals surface area contributed by atoms with Crippen molar-refractivity contribution >= 4 is 0 Å². The average Bonchev–Trinajstić information content (AvgIpc) is 1.86. The van der Waals surface area contributed by atoms with Crippen LogP contribution in [0.1, 0.15) is 0 Å². The predicted octanol–water partition coefficient (Wildman–Crippen LogP) is 0.759. The molecular weight excluding hydrogens is 87.0 g/mol. The molecule has 6 heavy (non-hydrogen) atoms. The van der Waals surface area contributed by atoms with Gasteiger partial charge in [0.2, 0.25) is 0 Å². The zero-order valence-corrected chi connectivity index (χ0v) is 2.98. The van der Waals surface area contributed by atoms with Gasteiger partial charge in [-0.15, -0.1) is 0 Å². The van der Waals surface area contributed by atoms with Gasteiger partial charge >= 0.3 is 0 Å². The van der Waals surface area contributed by atoms with E-state index in [1.165, 1.54) is 0 Å². The number of halogens is 1. The summed E-state index contributed by atoms with van der Waals surface area (Å²) in [5, 5.41) is 0. The molecule has 0 aromatic rings. The molecule has 0 spiro atoms. The molecule has 0 bridgehead atoms. The molecular formula is C3H3FO2. The van der Waals surface area contributed by atoms with Gasteiger partial charge in [-0.2, -0.15) is 4.89 Å².